The molecule has 2 N–H and O–H groups in total. The number of nitrogens with one attached hydrogen (secondary N) is 2. The highest BCUT2D eigenvalue weighted by molar-refractivity contribution is 5.93. The third kappa shape index (κ3) is 5.51. The van der Waals surface area contributed by atoms with Gasteiger partial charge in [0.05, 0.1) is 24.2 Å². The number of aromatic nitrogens is 4. The largest absolute Gasteiger partial charge is 0.437 e. The molecule has 2 heterocycles. The second-order valence-corrected chi connectivity index (χ2v) is 7.45. The van der Waals surface area contributed by atoms with E-state index < -0.39 is 11.9 Å². The first kappa shape index (κ1) is 21.5. The number of alkyl halides is 3. The molecule has 1 saturated carbocycles. The van der Waals surface area contributed by atoms with Gasteiger partial charge in [-0.3, -0.25) is 9.89 Å². The first-order chi connectivity index (χ1) is 15.4. The monoisotopic (exact) mass is 443 g/mol. The molecule has 0 aliphatic heterocycles. The summed E-state index contributed by atoms with van der Waals surface area (Å²) in [7, 11) is 0. The number of benzene rings is 1. The lowest BCUT2D eigenvalue weighted by atomic mass is 9.89. The van der Waals surface area contributed by atoms with Crippen LogP contribution in [0.3, 0.4) is 0 Å². The van der Waals surface area contributed by atoms with Crippen LogP contribution >= 0.6 is 0 Å². The summed E-state index contributed by atoms with van der Waals surface area (Å²) in [5.74, 6) is 0.304. The Kier molecular flexibility index (Phi) is 6.20. The molecule has 166 valence electrons. The molecule has 1 aliphatic rings. The first-order valence-electron chi connectivity index (χ1n) is 10.0. The molecule has 0 saturated heterocycles. The smallest absolute Gasteiger partial charge is 0.434 e. The van der Waals surface area contributed by atoms with Gasteiger partial charge in [-0.2, -0.15) is 18.3 Å². The van der Waals surface area contributed by atoms with Gasteiger partial charge in [0.25, 0.3) is 5.91 Å². The summed E-state index contributed by atoms with van der Waals surface area (Å²) in [6.07, 6.45) is 5.57. The van der Waals surface area contributed by atoms with Crippen LogP contribution in [0.1, 0.15) is 47.3 Å². The van der Waals surface area contributed by atoms with Gasteiger partial charge in [0.1, 0.15) is 5.75 Å². The lowest BCUT2D eigenvalue weighted by Crippen LogP contribution is -2.36. The molecular weight excluding hydrogens is 423 g/mol. The van der Waals surface area contributed by atoms with Crippen molar-refractivity contribution in [2.24, 2.45) is 0 Å². The quantitative estimate of drug-likeness (QED) is 0.593. The van der Waals surface area contributed by atoms with Crippen molar-refractivity contribution < 1.29 is 22.7 Å². The normalized spacial score (nSPS) is 16.5. The minimum absolute atomic E-state index is 0.0170. The molecule has 1 fully saturated rings. The maximum Gasteiger partial charge on any atom is 0.434 e. The highest BCUT2D eigenvalue weighted by atomic mass is 19.4. The van der Waals surface area contributed by atoms with Crippen molar-refractivity contribution in [2.45, 2.75) is 37.9 Å². The van der Waals surface area contributed by atoms with Gasteiger partial charge in [-0.1, -0.05) is 23.8 Å². The Bertz CT molecular complexity index is 1090. The summed E-state index contributed by atoms with van der Waals surface area (Å²) >= 11 is 0. The Morgan fingerprint density at radius 1 is 1.16 bits per heavy atom. The average molecular weight is 443 g/mol. The van der Waals surface area contributed by atoms with Crippen molar-refractivity contribution >= 4 is 12.0 Å². The summed E-state index contributed by atoms with van der Waals surface area (Å²) in [6.45, 7) is 0. The Morgan fingerprint density at radius 2 is 1.97 bits per heavy atom. The Labute approximate surface area is 181 Å². The van der Waals surface area contributed by atoms with E-state index in [1.807, 2.05) is 6.07 Å². The molecule has 1 aromatic carbocycles. The molecule has 0 unspecified atom stereocenters. The maximum atomic E-state index is 12.6. The van der Waals surface area contributed by atoms with Crippen LogP contribution in [0, 0.1) is 0 Å². The highest BCUT2D eigenvalue weighted by Gasteiger charge is 2.32. The van der Waals surface area contributed by atoms with Crippen LogP contribution in [-0.2, 0) is 6.18 Å². The zero-order valence-corrected chi connectivity index (χ0v) is 16.9. The third-order valence-corrected chi connectivity index (χ3v) is 5.09. The van der Waals surface area contributed by atoms with Crippen LogP contribution in [0.4, 0.5) is 13.2 Å². The van der Waals surface area contributed by atoms with Crippen LogP contribution in [-0.4, -0.2) is 32.1 Å². The minimum atomic E-state index is -4.54. The van der Waals surface area contributed by atoms with E-state index >= 15 is 0 Å². The number of allylic oxidation sites excluding steroid dienone is 1. The number of carbonyl (C=O) groups excluding carboxylic acids is 1. The van der Waals surface area contributed by atoms with E-state index in [2.05, 4.69) is 31.6 Å². The predicted octanol–water partition coefficient (Wildman–Crippen LogP) is 4.77. The van der Waals surface area contributed by atoms with Gasteiger partial charge in [-0.25, -0.2) is 9.97 Å². The van der Waals surface area contributed by atoms with Gasteiger partial charge in [0.15, 0.2) is 5.69 Å². The van der Waals surface area contributed by atoms with Crippen LogP contribution in [0.2, 0.25) is 0 Å². The molecular formula is C22H20F3N5O2. The molecule has 0 spiro atoms. The standard InChI is InChI=1S/C22H20F3N5O2/c23-22(24,25)19-12-27-20(13-26-19)32-18-3-1-2-15(9-18)8-14-4-6-17(7-5-14)30-21(31)16-10-28-29-11-16/h1-3,8-13,17H,4-7H2,(H,28,29)(H,30,31). The van der Waals surface area contributed by atoms with E-state index in [-0.39, 0.29) is 17.8 Å². The second kappa shape index (κ2) is 9.21. The van der Waals surface area contributed by atoms with Crippen LogP contribution in [0.5, 0.6) is 11.6 Å². The lowest BCUT2D eigenvalue weighted by Gasteiger charge is -2.24. The molecule has 4 rings (SSSR count). The Morgan fingerprint density at radius 3 is 2.62 bits per heavy atom. The van der Waals surface area contributed by atoms with Crippen LogP contribution in [0.25, 0.3) is 6.08 Å². The number of hydrogen-bond donors (Lipinski definition) is 2. The highest BCUT2D eigenvalue weighted by Crippen LogP contribution is 2.29. The molecule has 0 radical (unpaired) electrons. The second-order valence-electron chi connectivity index (χ2n) is 7.45. The van der Waals surface area contributed by atoms with Crippen molar-refractivity contribution in [3.8, 4) is 11.6 Å². The molecule has 1 aliphatic carbocycles. The van der Waals surface area contributed by atoms with Gasteiger partial charge >= 0.3 is 6.18 Å². The fourth-order valence-corrected chi connectivity index (χ4v) is 3.46. The van der Waals surface area contributed by atoms with Gasteiger partial charge < -0.3 is 10.1 Å². The summed E-state index contributed by atoms with van der Waals surface area (Å²) in [5.41, 5.74) is 1.62. The van der Waals surface area contributed by atoms with Crippen molar-refractivity contribution in [2.75, 3.05) is 0 Å². The van der Waals surface area contributed by atoms with Crippen LogP contribution < -0.4 is 10.1 Å². The number of H-pyrrole nitrogens is 1. The SMILES string of the molecule is O=C(NC1CCC(=Cc2cccc(Oc3cnc(C(F)(F)F)cn3)c2)CC1)c1cn[nH]c1. The number of amides is 1. The van der Waals surface area contributed by atoms with Crippen molar-refractivity contribution in [1.82, 2.24) is 25.5 Å². The molecule has 1 amide bonds. The van der Waals surface area contributed by atoms with E-state index in [1.54, 1.807) is 24.4 Å². The zero-order valence-electron chi connectivity index (χ0n) is 16.9. The van der Waals surface area contributed by atoms with E-state index in [9.17, 15) is 18.0 Å². The molecule has 7 nitrogen and oxygen atoms in total. The van der Waals surface area contributed by atoms with Crippen LogP contribution in [0.15, 0.2) is 54.6 Å². The summed E-state index contributed by atoms with van der Waals surface area (Å²) in [5, 5.41) is 9.44. The van der Waals surface area contributed by atoms with E-state index in [0.29, 0.717) is 17.5 Å². The lowest BCUT2D eigenvalue weighted by molar-refractivity contribution is -0.141. The fourth-order valence-electron chi connectivity index (χ4n) is 3.46. The first-order valence-corrected chi connectivity index (χ1v) is 10.0. The number of ether oxygens (including phenoxy) is 1. The number of hydrogen-bond acceptors (Lipinski definition) is 5. The van der Waals surface area contributed by atoms with Gasteiger partial charge in [0, 0.05) is 12.2 Å². The Balaban J connectivity index is 1.34. The molecule has 0 bridgehead atoms. The maximum absolute atomic E-state index is 12.6. The zero-order chi connectivity index (χ0) is 22.6. The Hall–Kier alpha value is -3.69. The molecule has 32 heavy (non-hydrogen) atoms. The molecule has 10 heteroatoms. The molecule has 2 aromatic heterocycles. The van der Waals surface area contributed by atoms with E-state index in [4.69, 9.17) is 4.74 Å². The third-order valence-electron chi connectivity index (χ3n) is 5.09. The predicted molar refractivity (Wildman–Crippen MR) is 110 cm³/mol. The topological polar surface area (TPSA) is 92.8 Å². The van der Waals surface area contributed by atoms with E-state index in [0.717, 1.165) is 37.4 Å². The van der Waals surface area contributed by atoms with Crippen molar-refractivity contribution in [3.63, 3.8) is 0 Å². The summed E-state index contributed by atoms with van der Waals surface area (Å²) in [4.78, 5) is 19.2. The molecule has 3 aromatic rings. The minimum Gasteiger partial charge on any atom is -0.437 e. The number of aromatic amines is 1. The van der Waals surface area contributed by atoms with E-state index in [1.165, 1.54) is 11.8 Å². The van der Waals surface area contributed by atoms with Gasteiger partial charge in [-0.05, 0) is 43.4 Å². The summed E-state index contributed by atoms with van der Waals surface area (Å²) < 4.78 is 43.3. The fraction of sp³-hybridized carbons (Fsp3) is 0.273. The molecule has 0 atom stereocenters. The van der Waals surface area contributed by atoms with Crippen molar-refractivity contribution in [1.29, 1.82) is 0 Å². The van der Waals surface area contributed by atoms with Crippen molar-refractivity contribution in [3.05, 3.63) is 71.4 Å². The number of halogens is 3. The number of carbonyl (C=O) groups is 1. The number of rotatable bonds is 5. The summed E-state index contributed by atoms with van der Waals surface area (Å²) in [6, 6.07) is 7.33. The van der Waals surface area contributed by atoms with Gasteiger partial charge in [-0.15, -0.1) is 0 Å². The van der Waals surface area contributed by atoms with Gasteiger partial charge in [0.2, 0.25) is 5.88 Å². The number of nitrogens with zero attached hydrogens (tertiary/aromatic N) is 3. The average Bonchev–Trinajstić information content (AvgIpc) is 3.30.